The van der Waals surface area contributed by atoms with E-state index in [1.165, 1.54) is 6.42 Å². The van der Waals surface area contributed by atoms with E-state index in [1.54, 1.807) is 30.3 Å². The summed E-state index contributed by atoms with van der Waals surface area (Å²) < 4.78 is 0. The zero-order chi connectivity index (χ0) is 21.7. The number of hydrogen-bond acceptors (Lipinski definition) is 3. The van der Waals surface area contributed by atoms with E-state index in [2.05, 4.69) is 16.0 Å². The predicted molar refractivity (Wildman–Crippen MR) is 124 cm³/mol. The minimum atomic E-state index is -0.499. The average Bonchev–Trinajstić information content (AvgIpc) is 2.71. The van der Waals surface area contributed by atoms with Gasteiger partial charge < -0.3 is 20.9 Å². The molecule has 0 saturated heterocycles. The number of carbonyl (C=O) groups is 2. The van der Waals surface area contributed by atoms with Crippen LogP contribution < -0.4 is 20.9 Å². The maximum Gasteiger partial charge on any atom is 0.323 e. The Hall–Kier alpha value is -2.44. The van der Waals surface area contributed by atoms with Crippen molar-refractivity contribution in [3.63, 3.8) is 0 Å². The highest BCUT2D eigenvalue weighted by Gasteiger charge is 2.20. The van der Waals surface area contributed by atoms with Crippen LogP contribution in [0.3, 0.4) is 0 Å². The molecule has 0 aliphatic heterocycles. The third kappa shape index (κ3) is 5.58. The van der Waals surface area contributed by atoms with E-state index >= 15 is 0 Å². The van der Waals surface area contributed by atoms with Crippen LogP contribution in [0.4, 0.5) is 21.9 Å². The van der Waals surface area contributed by atoms with Crippen molar-refractivity contribution in [1.29, 1.82) is 0 Å². The Morgan fingerprint density at radius 1 is 0.967 bits per heavy atom. The fourth-order valence-electron chi connectivity index (χ4n) is 3.59. The number of carbonyl (C=O) groups excluding carboxylic acids is 2. The molecule has 3 amide bonds. The molecule has 0 heterocycles. The fraction of sp³-hybridized carbons (Fsp3) is 0.364. The van der Waals surface area contributed by atoms with Crippen molar-refractivity contribution in [3.05, 3.63) is 52.0 Å². The fourth-order valence-corrected chi connectivity index (χ4v) is 4.08. The first-order chi connectivity index (χ1) is 14.3. The summed E-state index contributed by atoms with van der Waals surface area (Å²) >= 11 is 12.2. The quantitative estimate of drug-likeness (QED) is 0.543. The summed E-state index contributed by atoms with van der Waals surface area (Å²) in [5.74, 6) is -0.135. The predicted octanol–water partition coefficient (Wildman–Crippen LogP) is 5.77. The highest BCUT2D eigenvalue weighted by Crippen LogP contribution is 2.30. The molecule has 160 valence electrons. The molecule has 6 nitrogen and oxygen atoms in total. The molecule has 0 bridgehead atoms. The first-order valence-corrected chi connectivity index (χ1v) is 10.7. The number of benzene rings is 2. The molecule has 0 atom stereocenters. The monoisotopic (exact) mass is 448 g/mol. The lowest BCUT2D eigenvalue weighted by Crippen LogP contribution is -2.36. The molecule has 0 aromatic heterocycles. The lowest BCUT2D eigenvalue weighted by Gasteiger charge is -2.24. The normalized spacial score (nSPS) is 14.1. The number of halogens is 2. The summed E-state index contributed by atoms with van der Waals surface area (Å²) in [6.45, 7) is 0. The summed E-state index contributed by atoms with van der Waals surface area (Å²) in [6, 6.07) is 9.93. The van der Waals surface area contributed by atoms with Crippen LogP contribution in [0, 0.1) is 0 Å². The van der Waals surface area contributed by atoms with E-state index in [-0.39, 0.29) is 11.9 Å². The SMILES string of the molecule is CN(C)c1ccc(NC(=O)Nc2c(Cl)cccc2Cl)cc1C(=O)NC1CCCCC1. The van der Waals surface area contributed by atoms with E-state index in [9.17, 15) is 9.59 Å². The number of anilines is 3. The van der Waals surface area contributed by atoms with E-state index < -0.39 is 6.03 Å². The molecule has 0 spiro atoms. The van der Waals surface area contributed by atoms with Crippen molar-refractivity contribution in [2.24, 2.45) is 0 Å². The van der Waals surface area contributed by atoms with Gasteiger partial charge in [-0.3, -0.25) is 4.79 Å². The van der Waals surface area contributed by atoms with Gasteiger partial charge in [0.1, 0.15) is 0 Å². The van der Waals surface area contributed by atoms with Gasteiger partial charge >= 0.3 is 6.03 Å². The first-order valence-electron chi connectivity index (χ1n) is 9.99. The Kier molecular flexibility index (Phi) is 7.45. The third-order valence-corrected chi connectivity index (χ3v) is 5.75. The number of nitrogens with zero attached hydrogens (tertiary/aromatic N) is 1. The van der Waals surface area contributed by atoms with Crippen molar-refractivity contribution in [1.82, 2.24) is 5.32 Å². The van der Waals surface area contributed by atoms with Crippen molar-refractivity contribution in [3.8, 4) is 0 Å². The molecule has 1 aliphatic carbocycles. The van der Waals surface area contributed by atoms with E-state index in [0.717, 1.165) is 31.4 Å². The lowest BCUT2D eigenvalue weighted by atomic mass is 9.95. The summed E-state index contributed by atoms with van der Waals surface area (Å²) in [5, 5.41) is 9.22. The molecule has 2 aromatic rings. The number of rotatable bonds is 5. The molecule has 30 heavy (non-hydrogen) atoms. The van der Waals surface area contributed by atoms with Crippen LogP contribution in [0.15, 0.2) is 36.4 Å². The first kappa shape index (κ1) is 22.2. The van der Waals surface area contributed by atoms with Crippen molar-refractivity contribution >= 4 is 52.2 Å². The average molecular weight is 449 g/mol. The molecule has 2 aromatic carbocycles. The van der Waals surface area contributed by atoms with Gasteiger partial charge in [-0.25, -0.2) is 4.79 Å². The van der Waals surface area contributed by atoms with Crippen LogP contribution in [0.1, 0.15) is 42.5 Å². The molecular formula is C22H26Cl2N4O2. The van der Waals surface area contributed by atoms with E-state index in [0.29, 0.717) is 27.0 Å². The van der Waals surface area contributed by atoms with Crippen LogP contribution in [0.5, 0.6) is 0 Å². The van der Waals surface area contributed by atoms with Crippen molar-refractivity contribution < 1.29 is 9.59 Å². The van der Waals surface area contributed by atoms with Crippen LogP contribution in [0.25, 0.3) is 0 Å². The van der Waals surface area contributed by atoms with Crippen LogP contribution in [-0.4, -0.2) is 32.1 Å². The Morgan fingerprint density at radius 2 is 1.63 bits per heavy atom. The molecule has 1 fully saturated rings. The van der Waals surface area contributed by atoms with Gasteiger partial charge in [0.25, 0.3) is 5.91 Å². The smallest absolute Gasteiger partial charge is 0.323 e. The highest BCUT2D eigenvalue weighted by atomic mass is 35.5. The van der Waals surface area contributed by atoms with E-state index in [4.69, 9.17) is 23.2 Å². The number of urea groups is 1. The Bertz CT molecular complexity index is 907. The molecule has 3 rings (SSSR count). The van der Waals surface area contributed by atoms with Gasteiger partial charge in [-0.1, -0.05) is 48.5 Å². The zero-order valence-electron chi connectivity index (χ0n) is 17.1. The summed E-state index contributed by atoms with van der Waals surface area (Å²) in [4.78, 5) is 27.3. The minimum Gasteiger partial charge on any atom is -0.377 e. The Labute approximate surface area is 186 Å². The maximum absolute atomic E-state index is 13.0. The second kappa shape index (κ2) is 10.0. The third-order valence-electron chi connectivity index (χ3n) is 5.12. The number of nitrogens with one attached hydrogen (secondary N) is 3. The van der Waals surface area contributed by atoms with E-state index in [1.807, 2.05) is 25.1 Å². The highest BCUT2D eigenvalue weighted by molar-refractivity contribution is 6.39. The second-order valence-corrected chi connectivity index (χ2v) is 8.42. The lowest BCUT2D eigenvalue weighted by molar-refractivity contribution is 0.0928. The Morgan fingerprint density at radius 3 is 2.27 bits per heavy atom. The summed E-state index contributed by atoms with van der Waals surface area (Å²) in [5.41, 5.74) is 2.12. The second-order valence-electron chi connectivity index (χ2n) is 7.61. The summed E-state index contributed by atoms with van der Waals surface area (Å²) in [6.07, 6.45) is 5.50. The molecule has 1 saturated carbocycles. The van der Waals surface area contributed by atoms with Gasteiger partial charge in [0.05, 0.1) is 21.3 Å². The van der Waals surface area contributed by atoms with Gasteiger partial charge in [0.15, 0.2) is 0 Å². The van der Waals surface area contributed by atoms with Gasteiger partial charge in [0.2, 0.25) is 0 Å². The molecule has 8 heteroatoms. The molecule has 0 radical (unpaired) electrons. The van der Waals surface area contributed by atoms with Crippen LogP contribution >= 0.6 is 23.2 Å². The molecular weight excluding hydrogens is 423 g/mol. The zero-order valence-corrected chi connectivity index (χ0v) is 18.6. The van der Waals surface area contributed by atoms with Gasteiger partial charge in [0, 0.05) is 31.5 Å². The van der Waals surface area contributed by atoms with Gasteiger partial charge in [-0.05, 0) is 43.2 Å². The number of para-hydroxylation sites is 1. The Balaban J connectivity index is 1.76. The number of hydrogen-bond donors (Lipinski definition) is 3. The molecule has 1 aliphatic rings. The van der Waals surface area contributed by atoms with Gasteiger partial charge in [-0.15, -0.1) is 0 Å². The topological polar surface area (TPSA) is 73.5 Å². The minimum absolute atomic E-state index is 0.135. The molecule has 3 N–H and O–H groups in total. The molecule has 0 unspecified atom stereocenters. The summed E-state index contributed by atoms with van der Waals surface area (Å²) in [7, 11) is 3.76. The van der Waals surface area contributed by atoms with Crippen LogP contribution in [-0.2, 0) is 0 Å². The van der Waals surface area contributed by atoms with Crippen molar-refractivity contribution in [2.45, 2.75) is 38.1 Å². The van der Waals surface area contributed by atoms with Gasteiger partial charge in [-0.2, -0.15) is 0 Å². The standard InChI is InChI=1S/C22H26Cl2N4O2/c1-28(2)19-12-11-15(13-16(19)21(29)25-14-7-4-3-5-8-14)26-22(30)27-20-17(23)9-6-10-18(20)24/h6,9-14H,3-5,7-8H2,1-2H3,(H,25,29)(H2,26,27,30). The van der Waals surface area contributed by atoms with Crippen LogP contribution in [0.2, 0.25) is 10.0 Å². The van der Waals surface area contributed by atoms with Crippen molar-refractivity contribution in [2.75, 3.05) is 29.6 Å². The largest absolute Gasteiger partial charge is 0.377 e. The maximum atomic E-state index is 13.0. The number of amides is 3.